The van der Waals surface area contributed by atoms with Gasteiger partial charge in [-0.25, -0.2) is 0 Å². The maximum atomic E-state index is 12.7. The first-order valence-corrected chi connectivity index (χ1v) is 21.6. The van der Waals surface area contributed by atoms with E-state index in [0.717, 1.165) is 70.6 Å². The van der Waals surface area contributed by atoms with Gasteiger partial charge in [-0.05, 0) is 76.7 Å². The van der Waals surface area contributed by atoms with Crippen LogP contribution in [0, 0.1) is 0 Å². The number of carboxylic acids is 1. The molecule has 0 rings (SSSR count). The van der Waals surface area contributed by atoms with Crippen LogP contribution in [0.3, 0.4) is 0 Å². The number of carbonyl (C=O) groups excluding carboxylic acids is 2. The first kappa shape index (κ1) is 48.6. The summed E-state index contributed by atoms with van der Waals surface area (Å²) in [5, 5.41) is 11.1. The lowest BCUT2D eigenvalue weighted by molar-refractivity contribution is -0.147. The van der Waals surface area contributed by atoms with Crippen LogP contribution >= 0.6 is 0 Å². The van der Waals surface area contributed by atoms with Crippen molar-refractivity contribution >= 4 is 17.8 Å². The molecule has 0 aromatic carbocycles. The molecule has 0 heterocycles. The summed E-state index contributed by atoms with van der Waals surface area (Å²) in [5.74, 6) is -1.28. The number of allylic oxidation sites excluding steroid dienone is 5. The summed E-state index contributed by atoms with van der Waals surface area (Å²) in [6, 6.07) is 0. The lowest BCUT2D eigenvalue weighted by Crippen LogP contribution is -2.28. The Morgan fingerprint density at radius 1 is 0.529 bits per heavy atom. The Labute approximate surface area is 315 Å². The summed E-state index contributed by atoms with van der Waals surface area (Å²) in [7, 11) is 0. The minimum atomic E-state index is -1.02. The molecule has 0 spiro atoms. The molecule has 6 heteroatoms. The van der Waals surface area contributed by atoms with E-state index in [1.54, 1.807) is 0 Å². The fraction of sp³-hybridized carbons (Fsp3) is 0.800. The third-order valence-electron chi connectivity index (χ3n) is 9.52. The van der Waals surface area contributed by atoms with Gasteiger partial charge in [0.1, 0.15) is 12.6 Å². The Hall–Kier alpha value is -2.37. The van der Waals surface area contributed by atoms with Gasteiger partial charge in [0.05, 0.1) is 0 Å². The number of hydrogen-bond acceptors (Lipinski definition) is 4. The van der Waals surface area contributed by atoms with E-state index in [4.69, 9.17) is 9.84 Å². The maximum absolute atomic E-state index is 12.7. The van der Waals surface area contributed by atoms with Crippen LogP contribution in [-0.4, -0.2) is 35.6 Å². The molecule has 2 N–H and O–H groups in total. The molecule has 0 radical (unpaired) electrons. The zero-order valence-electron chi connectivity index (χ0n) is 33.5. The molecule has 6 nitrogen and oxygen atoms in total. The third kappa shape index (κ3) is 40.3. The van der Waals surface area contributed by atoms with E-state index >= 15 is 0 Å². The van der Waals surface area contributed by atoms with Gasteiger partial charge in [-0.1, -0.05) is 166 Å². The van der Waals surface area contributed by atoms with E-state index in [1.807, 2.05) is 0 Å². The number of rotatable bonds is 39. The molecular weight excluding hydrogens is 634 g/mol. The molecule has 51 heavy (non-hydrogen) atoms. The molecule has 0 bridgehead atoms. The number of aliphatic carboxylic acids is 1. The van der Waals surface area contributed by atoms with E-state index < -0.39 is 5.97 Å². The Morgan fingerprint density at radius 2 is 0.961 bits per heavy atom. The first-order valence-electron chi connectivity index (χ1n) is 21.6. The van der Waals surface area contributed by atoms with Crippen molar-refractivity contribution in [3.05, 3.63) is 36.5 Å². The second-order valence-corrected chi connectivity index (χ2v) is 14.6. The van der Waals surface area contributed by atoms with E-state index in [1.165, 1.54) is 122 Å². The average molecular weight is 716 g/mol. The van der Waals surface area contributed by atoms with Crippen molar-refractivity contribution in [1.29, 1.82) is 0 Å². The molecule has 0 fully saturated rings. The molecule has 1 amide bonds. The van der Waals surface area contributed by atoms with Gasteiger partial charge in [0.25, 0.3) is 0 Å². The van der Waals surface area contributed by atoms with Crippen LogP contribution in [0.5, 0.6) is 0 Å². The van der Waals surface area contributed by atoms with E-state index in [-0.39, 0.29) is 24.5 Å². The first-order chi connectivity index (χ1) is 25.0. The highest BCUT2D eigenvalue weighted by atomic mass is 16.5. The number of carbonyl (C=O) groups is 3. The van der Waals surface area contributed by atoms with Gasteiger partial charge >= 0.3 is 11.9 Å². The zero-order valence-corrected chi connectivity index (χ0v) is 33.5. The van der Waals surface area contributed by atoms with Crippen LogP contribution in [0.25, 0.3) is 0 Å². The van der Waals surface area contributed by atoms with Gasteiger partial charge in [-0.2, -0.15) is 0 Å². The van der Waals surface area contributed by atoms with Crippen molar-refractivity contribution in [2.75, 3.05) is 6.54 Å². The zero-order chi connectivity index (χ0) is 37.3. The summed E-state index contributed by atoms with van der Waals surface area (Å²) >= 11 is 0. The van der Waals surface area contributed by atoms with Crippen LogP contribution in [0.15, 0.2) is 36.5 Å². The maximum Gasteiger partial charge on any atom is 0.322 e. The van der Waals surface area contributed by atoms with Crippen molar-refractivity contribution < 1.29 is 24.2 Å². The van der Waals surface area contributed by atoms with Crippen molar-refractivity contribution in [3.63, 3.8) is 0 Å². The SMILES string of the molecule is CCCCCC/C=C\C/C=C\C(CCCCCCCCC(=O)NCC(=O)O)OC(=O)CCCCCCCCCCC/C=C\CCCCCCCC. The topological polar surface area (TPSA) is 92.7 Å². The Balaban J connectivity index is 4.10. The molecule has 0 aliphatic heterocycles. The van der Waals surface area contributed by atoms with Gasteiger partial charge in [0.15, 0.2) is 0 Å². The average Bonchev–Trinajstić information content (AvgIpc) is 3.11. The number of carboxylic acid groups (broad SMARTS) is 1. The molecule has 1 atom stereocenters. The second-order valence-electron chi connectivity index (χ2n) is 14.6. The number of unbranched alkanes of at least 4 members (excludes halogenated alkanes) is 24. The predicted molar refractivity (Wildman–Crippen MR) is 217 cm³/mol. The van der Waals surface area contributed by atoms with Crippen LogP contribution in [0.2, 0.25) is 0 Å². The highest BCUT2D eigenvalue weighted by molar-refractivity contribution is 5.80. The fourth-order valence-electron chi connectivity index (χ4n) is 6.28. The smallest absolute Gasteiger partial charge is 0.322 e. The minimum absolute atomic E-state index is 0.0710. The predicted octanol–water partition coefficient (Wildman–Crippen LogP) is 13.3. The van der Waals surface area contributed by atoms with Gasteiger partial charge in [0.2, 0.25) is 5.91 Å². The van der Waals surface area contributed by atoms with Crippen molar-refractivity contribution in [3.8, 4) is 0 Å². The minimum Gasteiger partial charge on any atom is -0.480 e. The van der Waals surface area contributed by atoms with Gasteiger partial charge < -0.3 is 15.2 Å². The van der Waals surface area contributed by atoms with Crippen molar-refractivity contribution in [2.45, 2.75) is 225 Å². The Kier molecular flexibility index (Phi) is 38.5. The number of esters is 1. The second kappa shape index (κ2) is 40.4. The monoisotopic (exact) mass is 716 g/mol. The van der Waals surface area contributed by atoms with E-state index in [9.17, 15) is 14.4 Å². The molecule has 0 aliphatic carbocycles. The number of hydrogen-bond donors (Lipinski definition) is 2. The number of nitrogens with one attached hydrogen (secondary N) is 1. The molecule has 0 saturated heterocycles. The highest BCUT2D eigenvalue weighted by Gasteiger charge is 2.11. The molecule has 0 aliphatic rings. The van der Waals surface area contributed by atoms with Crippen LogP contribution < -0.4 is 5.32 Å². The van der Waals surface area contributed by atoms with E-state index in [0.29, 0.717) is 12.8 Å². The lowest BCUT2D eigenvalue weighted by atomic mass is 10.0. The van der Waals surface area contributed by atoms with Crippen LogP contribution in [0.1, 0.15) is 219 Å². The van der Waals surface area contributed by atoms with Gasteiger partial charge in [-0.15, -0.1) is 0 Å². The molecule has 0 aromatic rings. The van der Waals surface area contributed by atoms with Crippen LogP contribution in [-0.2, 0) is 19.1 Å². The summed E-state index contributed by atoms with van der Waals surface area (Å²) in [4.78, 5) is 34.9. The summed E-state index contributed by atoms with van der Waals surface area (Å²) in [6.45, 7) is 4.20. The highest BCUT2D eigenvalue weighted by Crippen LogP contribution is 2.16. The summed E-state index contributed by atoms with van der Waals surface area (Å²) < 4.78 is 5.93. The standard InChI is InChI=1S/C45H81NO5/c1-3-5-7-9-11-13-14-15-16-17-18-19-20-21-22-24-26-32-36-40-45(50)51-42(37-33-29-25-23-12-10-8-6-4-2)38-34-30-27-28-31-35-39-43(47)46-41-44(48)49/h15-16,23,25,33,37,42H,3-14,17-22,24,26-32,34-36,38-41H2,1-2H3,(H,46,47)(H,48,49)/b16-15-,25-23-,37-33-. The number of amides is 1. The molecule has 0 aromatic heterocycles. The van der Waals surface area contributed by atoms with Crippen LogP contribution in [0.4, 0.5) is 0 Å². The van der Waals surface area contributed by atoms with Crippen molar-refractivity contribution in [1.82, 2.24) is 5.32 Å². The molecule has 0 saturated carbocycles. The number of ether oxygens (including phenoxy) is 1. The molecular formula is C45H81NO5. The summed E-state index contributed by atoms with van der Waals surface area (Å²) in [5.41, 5.74) is 0. The normalized spacial score (nSPS) is 12.4. The Morgan fingerprint density at radius 3 is 1.49 bits per heavy atom. The Bertz CT molecular complexity index is 880. The summed E-state index contributed by atoms with van der Waals surface area (Å²) in [6.07, 6.45) is 50.0. The fourth-order valence-corrected chi connectivity index (χ4v) is 6.28. The molecule has 1 unspecified atom stereocenters. The van der Waals surface area contributed by atoms with E-state index in [2.05, 4.69) is 55.6 Å². The largest absolute Gasteiger partial charge is 0.480 e. The quantitative estimate of drug-likeness (QED) is 0.0375. The molecule has 296 valence electrons. The van der Waals surface area contributed by atoms with Gasteiger partial charge in [-0.3, -0.25) is 14.4 Å². The third-order valence-corrected chi connectivity index (χ3v) is 9.52. The van der Waals surface area contributed by atoms with Crippen molar-refractivity contribution in [2.24, 2.45) is 0 Å². The van der Waals surface area contributed by atoms with Gasteiger partial charge in [0, 0.05) is 12.8 Å². The lowest BCUT2D eigenvalue weighted by Gasteiger charge is -2.14.